The fourth-order valence-electron chi connectivity index (χ4n) is 3.31. The number of carbonyl (C=O) groups excluding carboxylic acids is 1. The van der Waals surface area contributed by atoms with Crippen LogP contribution in [0, 0.1) is 0 Å². The van der Waals surface area contributed by atoms with Crippen LogP contribution in [-0.4, -0.2) is 41.1 Å². The molecule has 0 radical (unpaired) electrons. The first kappa shape index (κ1) is 13.7. The van der Waals surface area contributed by atoms with Gasteiger partial charge in [0.1, 0.15) is 5.75 Å². The second-order valence-electron chi connectivity index (χ2n) is 5.69. The van der Waals surface area contributed by atoms with Crippen LogP contribution in [-0.2, 0) is 0 Å². The van der Waals surface area contributed by atoms with Crippen molar-refractivity contribution in [2.24, 2.45) is 0 Å². The Kier molecular flexibility index (Phi) is 3.85. The summed E-state index contributed by atoms with van der Waals surface area (Å²) < 4.78 is 0. The zero-order valence-corrected chi connectivity index (χ0v) is 12.1. The van der Waals surface area contributed by atoms with Gasteiger partial charge in [0.05, 0.1) is 5.56 Å². The molecule has 0 saturated carbocycles. The van der Waals surface area contributed by atoms with Crippen LogP contribution in [0.1, 0.15) is 36.0 Å². The molecule has 1 amide bonds. The summed E-state index contributed by atoms with van der Waals surface area (Å²) in [6, 6.07) is 5.35. The third-order valence-electron chi connectivity index (χ3n) is 4.36. The van der Waals surface area contributed by atoms with Crippen LogP contribution in [0.15, 0.2) is 18.2 Å². The number of nitrogens with one attached hydrogen (secondary N) is 1. The predicted octanol–water partition coefficient (Wildman–Crippen LogP) is 2.40. The van der Waals surface area contributed by atoms with Crippen LogP contribution in [0.2, 0.25) is 5.02 Å². The van der Waals surface area contributed by atoms with Gasteiger partial charge in [0.15, 0.2) is 0 Å². The van der Waals surface area contributed by atoms with Crippen molar-refractivity contribution in [1.82, 2.24) is 10.2 Å². The third kappa shape index (κ3) is 2.76. The van der Waals surface area contributed by atoms with Crippen LogP contribution in [0.3, 0.4) is 0 Å². The summed E-state index contributed by atoms with van der Waals surface area (Å²) in [6.45, 7) is 2.25. The fraction of sp³-hybridized carbons (Fsp3) is 0.533. The van der Waals surface area contributed by atoms with E-state index in [1.807, 2.05) is 0 Å². The molecule has 0 spiro atoms. The minimum Gasteiger partial charge on any atom is -0.507 e. The first-order valence-electron chi connectivity index (χ1n) is 7.17. The number of piperidine rings is 1. The van der Waals surface area contributed by atoms with E-state index >= 15 is 0 Å². The standard InChI is InChI=1S/C15H19ClN2O2/c16-10-3-4-14(19)13(8-10)15(20)17-11-5-7-18-6-1-2-12(18)9-11/h3-4,8,11-12,19H,1-2,5-7,9H2,(H,17,20). The zero-order valence-electron chi connectivity index (χ0n) is 11.3. The second kappa shape index (κ2) is 5.62. The number of amides is 1. The number of phenols is 1. The van der Waals surface area contributed by atoms with E-state index in [4.69, 9.17) is 11.6 Å². The van der Waals surface area contributed by atoms with Gasteiger partial charge in [0.25, 0.3) is 5.91 Å². The molecule has 2 saturated heterocycles. The third-order valence-corrected chi connectivity index (χ3v) is 4.59. The summed E-state index contributed by atoms with van der Waals surface area (Å²) in [5.41, 5.74) is 0.256. The average Bonchev–Trinajstić information content (AvgIpc) is 2.89. The lowest BCUT2D eigenvalue weighted by Gasteiger charge is -2.35. The zero-order chi connectivity index (χ0) is 14.1. The Labute approximate surface area is 123 Å². The number of aromatic hydroxyl groups is 1. The summed E-state index contributed by atoms with van der Waals surface area (Å²) in [5, 5.41) is 13.2. The Morgan fingerprint density at radius 2 is 2.20 bits per heavy atom. The van der Waals surface area contributed by atoms with E-state index in [1.165, 1.54) is 31.5 Å². The van der Waals surface area contributed by atoms with E-state index < -0.39 is 0 Å². The number of rotatable bonds is 2. The van der Waals surface area contributed by atoms with Gasteiger partial charge in [-0.2, -0.15) is 0 Å². The largest absolute Gasteiger partial charge is 0.507 e. The van der Waals surface area contributed by atoms with Gasteiger partial charge in [-0.05, 0) is 50.4 Å². The number of nitrogens with zero attached hydrogens (tertiary/aromatic N) is 1. The molecule has 3 rings (SSSR count). The van der Waals surface area contributed by atoms with Crippen molar-refractivity contribution in [2.75, 3.05) is 13.1 Å². The number of benzene rings is 1. The van der Waals surface area contributed by atoms with Crippen LogP contribution in [0.25, 0.3) is 0 Å². The Morgan fingerprint density at radius 3 is 3.05 bits per heavy atom. The molecule has 2 fully saturated rings. The normalized spacial score (nSPS) is 26.2. The van der Waals surface area contributed by atoms with E-state index in [1.54, 1.807) is 6.07 Å². The molecule has 20 heavy (non-hydrogen) atoms. The summed E-state index contributed by atoms with van der Waals surface area (Å²) in [7, 11) is 0. The summed E-state index contributed by atoms with van der Waals surface area (Å²) in [4.78, 5) is 14.7. The van der Waals surface area contributed by atoms with E-state index in [0.717, 1.165) is 19.4 Å². The predicted molar refractivity (Wildman–Crippen MR) is 78.2 cm³/mol. The van der Waals surface area contributed by atoms with Gasteiger partial charge in [0.2, 0.25) is 0 Å². The van der Waals surface area contributed by atoms with Crippen molar-refractivity contribution in [3.8, 4) is 5.75 Å². The van der Waals surface area contributed by atoms with Crippen LogP contribution in [0.5, 0.6) is 5.75 Å². The number of halogens is 1. The van der Waals surface area contributed by atoms with Gasteiger partial charge >= 0.3 is 0 Å². The van der Waals surface area contributed by atoms with Crippen molar-refractivity contribution in [2.45, 2.75) is 37.8 Å². The van der Waals surface area contributed by atoms with Crippen LogP contribution >= 0.6 is 11.6 Å². The van der Waals surface area contributed by atoms with E-state index in [0.29, 0.717) is 11.1 Å². The molecule has 0 aromatic heterocycles. The molecule has 2 N–H and O–H groups in total. The number of carbonyl (C=O) groups is 1. The van der Waals surface area contributed by atoms with Crippen molar-refractivity contribution in [1.29, 1.82) is 0 Å². The number of phenolic OH excluding ortho intramolecular Hbond substituents is 1. The van der Waals surface area contributed by atoms with Crippen molar-refractivity contribution < 1.29 is 9.90 Å². The molecule has 2 aliphatic heterocycles. The molecule has 4 nitrogen and oxygen atoms in total. The molecule has 2 unspecified atom stereocenters. The van der Waals surface area contributed by atoms with Crippen LogP contribution < -0.4 is 5.32 Å². The van der Waals surface area contributed by atoms with Gasteiger partial charge in [-0.3, -0.25) is 4.79 Å². The highest BCUT2D eigenvalue weighted by atomic mass is 35.5. The molecule has 2 atom stereocenters. The summed E-state index contributed by atoms with van der Waals surface area (Å²) in [5.74, 6) is -0.258. The quantitative estimate of drug-likeness (QED) is 0.881. The van der Waals surface area contributed by atoms with Gasteiger partial charge in [0, 0.05) is 23.7 Å². The maximum absolute atomic E-state index is 12.2. The molecule has 1 aromatic rings. The molecule has 0 bridgehead atoms. The maximum atomic E-state index is 12.2. The SMILES string of the molecule is O=C(NC1CCN2CCCC2C1)c1cc(Cl)ccc1O. The lowest BCUT2D eigenvalue weighted by Crippen LogP contribution is -2.47. The maximum Gasteiger partial charge on any atom is 0.255 e. The number of fused-ring (bicyclic) bond motifs is 1. The lowest BCUT2D eigenvalue weighted by atomic mass is 9.97. The molecule has 5 heteroatoms. The minimum atomic E-state index is -0.235. The van der Waals surface area contributed by atoms with Crippen molar-refractivity contribution >= 4 is 17.5 Å². The molecule has 0 aliphatic carbocycles. The smallest absolute Gasteiger partial charge is 0.255 e. The summed E-state index contributed by atoms with van der Waals surface area (Å²) in [6.07, 6.45) is 4.48. The molecular formula is C15H19ClN2O2. The van der Waals surface area contributed by atoms with Crippen molar-refractivity contribution in [3.05, 3.63) is 28.8 Å². The fourth-order valence-corrected chi connectivity index (χ4v) is 3.48. The molecular weight excluding hydrogens is 276 g/mol. The van der Waals surface area contributed by atoms with Gasteiger partial charge in [-0.25, -0.2) is 0 Å². The molecule has 2 aliphatic rings. The van der Waals surface area contributed by atoms with E-state index in [-0.39, 0.29) is 23.3 Å². The van der Waals surface area contributed by atoms with Gasteiger partial charge in [-0.15, -0.1) is 0 Å². The minimum absolute atomic E-state index is 0.0230. The molecule has 108 valence electrons. The highest BCUT2D eigenvalue weighted by Crippen LogP contribution is 2.27. The second-order valence-corrected chi connectivity index (χ2v) is 6.12. The van der Waals surface area contributed by atoms with Gasteiger partial charge < -0.3 is 15.3 Å². The topological polar surface area (TPSA) is 52.6 Å². The Hall–Kier alpha value is -1.26. The Morgan fingerprint density at radius 1 is 1.35 bits per heavy atom. The van der Waals surface area contributed by atoms with E-state index in [9.17, 15) is 9.90 Å². The lowest BCUT2D eigenvalue weighted by molar-refractivity contribution is 0.0893. The monoisotopic (exact) mass is 294 g/mol. The Bertz CT molecular complexity index is 521. The molecule has 1 aromatic carbocycles. The first-order valence-corrected chi connectivity index (χ1v) is 7.55. The molecule has 2 heterocycles. The number of hydrogen-bond acceptors (Lipinski definition) is 3. The highest BCUT2D eigenvalue weighted by molar-refractivity contribution is 6.31. The first-order chi connectivity index (χ1) is 9.63. The average molecular weight is 295 g/mol. The van der Waals surface area contributed by atoms with Crippen LogP contribution in [0.4, 0.5) is 0 Å². The van der Waals surface area contributed by atoms with Crippen molar-refractivity contribution in [3.63, 3.8) is 0 Å². The highest BCUT2D eigenvalue weighted by Gasteiger charge is 2.32. The summed E-state index contributed by atoms with van der Waals surface area (Å²) >= 11 is 5.88. The number of hydrogen-bond donors (Lipinski definition) is 2. The Balaban J connectivity index is 1.65. The van der Waals surface area contributed by atoms with Gasteiger partial charge in [-0.1, -0.05) is 11.6 Å². The van der Waals surface area contributed by atoms with E-state index in [2.05, 4.69) is 10.2 Å².